The second-order valence-electron chi connectivity index (χ2n) is 7.05. The molecule has 1 aliphatic rings. The number of benzene rings is 2. The van der Waals surface area contributed by atoms with Gasteiger partial charge in [-0.3, -0.25) is 14.7 Å². The van der Waals surface area contributed by atoms with Crippen LogP contribution in [0.2, 0.25) is 0 Å². The van der Waals surface area contributed by atoms with Crippen LogP contribution in [0.15, 0.2) is 53.7 Å². The number of anilines is 1. The van der Waals surface area contributed by atoms with Crippen LogP contribution in [0.4, 0.5) is 11.6 Å². The molecule has 8 nitrogen and oxygen atoms in total. The first-order valence-electron chi connectivity index (χ1n) is 9.87. The highest BCUT2D eigenvalue weighted by Crippen LogP contribution is 2.34. The number of piperidine rings is 1. The number of thioether (sulfide) groups is 1. The largest absolute Gasteiger partial charge is 0.495 e. The van der Waals surface area contributed by atoms with Crippen molar-refractivity contribution in [1.29, 1.82) is 0 Å². The maximum atomic E-state index is 11.1. The van der Waals surface area contributed by atoms with Crippen molar-refractivity contribution in [3.63, 3.8) is 0 Å². The molecule has 0 radical (unpaired) electrons. The van der Waals surface area contributed by atoms with Gasteiger partial charge in [-0.1, -0.05) is 36.0 Å². The molecule has 0 atom stereocenters. The number of ether oxygens (including phenoxy) is 1. The van der Waals surface area contributed by atoms with E-state index in [1.807, 2.05) is 34.9 Å². The minimum Gasteiger partial charge on any atom is -0.495 e. The summed E-state index contributed by atoms with van der Waals surface area (Å²) in [5.41, 5.74) is 1.84. The van der Waals surface area contributed by atoms with Crippen molar-refractivity contribution < 1.29 is 9.66 Å². The minimum absolute atomic E-state index is 0.0910. The van der Waals surface area contributed by atoms with Gasteiger partial charge in [0.2, 0.25) is 5.95 Å². The van der Waals surface area contributed by atoms with Crippen LogP contribution in [-0.4, -0.2) is 39.9 Å². The maximum absolute atomic E-state index is 11.1. The molecule has 0 amide bonds. The SMILES string of the molecule is COc1ccccc1-n1c(SCc2cccc([N+](=O)[O-])c2)nnc1N1CCCCC1. The molecular formula is C21H23N5O3S. The Kier molecular flexibility index (Phi) is 6.18. The van der Waals surface area contributed by atoms with E-state index in [1.165, 1.54) is 24.2 Å². The number of nitro benzene ring substituents is 1. The van der Waals surface area contributed by atoms with Crippen molar-refractivity contribution in [3.8, 4) is 11.4 Å². The predicted molar refractivity (Wildman–Crippen MR) is 117 cm³/mol. The molecule has 0 unspecified atom stereocenters. The van der Waals surface area contributed by atoms with E-state index >= 15 is 0 Å². The topological polar surface area (TPSA) is 86.3 Å². The predicted octanol–water partition coefficient (Wildman–Crippen LogP) is 4.47. The van der Waals surface area contributed by atoms with Gasteiger partial charge >= 0.3 is 0 Å². The smallest absolute Gasteiger partial charge is 0.269 e. The van der Waals surface area contributed by atoms with Gasteiger partial charge in [0.15, 0.2) is 5.16 Å². The molecule has 0 N–H and O–H groups in total. The number of nitro groups is 1. The van der Waals surface area contributed by atoms with Crippen LogP contribution >= 0.6 is 11.8 Å². The Bertz CT molecular complexity index is 1030. The van der Waals surface area contributed by atoms with E-state index in [-0.39, 0.29) is 10.6 Å². The molecule has 2 aromatic carbocycles. The highest BCUT2D eigenvalue weighted by atomic mass is 32.2. The summed E-state index contributed by atoms with van der Waals surface area (Å²) in [6.45, 7) is 1.89. The van der Waals surface area contributed by atoms with E-state index in [0.717, 1.165) is 54.0 Å². The Morgan fingerprint density at radius 1 is 1.10 bits per heavy atom. The average Bonchev–Trinajstić information content (AvgIpc) is 3.22. The van der Waals surface area contributed by atoms with Crippen LogP contribution in [-0.2, 0) is 5.75 Å². The molecule has 1 aromatic heterocycles. The number of aromatic nitrogens is 3. The van der Waals surface area contributed by atoms with Gasteiger partial charge in [-0.15, -0.1) is 10.2 Å². The molecule has 0 bridgehead atoms. The normalized spacial score (nSPS) is 14.0. The Hall–Kier alpha value is -3.07. The first-order chi connectivity index (χ1) is 14.7. The third kappa shape index (κ3) is 4.25. The van der Waals surface area contributed by atoms with Gasteiger partial charge in [0.1, 0.15) is 5.75 Å². The Labute approximate surface area is 179 Å². The monoisotopic (exact) mass is 425 g/mol. The fourth-order valence-electron chi connectivity index (χ4n) is 3.59. The molecule has 1 saturated heterocycles. The quantitative estimate of drug-likeness (QED) is 0.314. The van der Waals surface area contributed by atoms with Gasteiger partial charge in [0, 0.05) is 31.0 Å². The van der Waals surface area contributed by atoms with Crippen LogP contribution in [0, 0.1) is 10.1 Å². The van der Waals surface area contributed by atoms with Gasteiger partial charge in [-0.05, 0) is 37.0 Å². The standard InChI is InChI=1S/C21H23N5O3S/c1-29-19-11-4-3-10-18(19)25-20(24-12-5-2-6-13-24)22-23-21(25)30-15-16-8-7-9-17(14-16)26(27)28/h3-4,7-11,14H,2,5-6,12-13,15H2,1H3. The van der Waals surface area contributed by atoms with Gasteiger partial charge in [0.25, 0.3) is 5.69 Å². The van der Waals surface area contributed by atoms with E-state index in [4.69, 9.17) is 4.74 Å². The summed E-state index contributed by atoms with van der Waals surface area (Å²) < 4.78 is 7.63. The molecule has 2 heterocycles. The molecule has 0 spiro atoms. The summed E-state index contributed by atoms with van der Waals surface area (Å²) in [6.07, 6.45) is 3.50. The third-order valence-corrected chi connectivity index (χ3v) is 6.07. The highest BCUT2D eigenvalue weighted by molar-refractivity contribution is 7.98. The number of methoxy groups -OCH3 is 1. The van der Waals surface area contributed by atoms with Gasteiger partial charge in [-0.25, -0.2) is 0 Å². The van der Waals surface area contributed by atoms with Crippen LogP contribution in [0.1, 0.15) is 24.8 Å². The second-order valence-corrected chi connectivity index (χ2v) is 8.00. The lowest BCUT2D eigenvalue weighted by Crippen LogP contribution is -2.31. The number of non-ortho nitro benzene ring substituents is 1. The van der Waals surface area contributed by atoms with Gasteiger partial charge < -0.3 is 9.64 Å². The summed E-state index contributed by atoms with van der Waals surface area (Å²) in [5, 5.41) is 20.8. The number of para-hydroxylation sites is 2. The first-order valence-corrected chi connectivity index (χ1v) is 10.9. The Morgan fingerprint density at radius 3 is 2.67 bits per heavy atom. The molecule has 4 rings (SSSR count). The van der Waals surface area contributed by atoms with Crippen molar-refractivity contribution >= 4 is 23.4 Å². The molecule has 0 aliphatic carbocycles. The third-order valence-electron chi connectivity index (χ3n) is 5.07. The number of hydrogen-bond donors (Lipinski definition) is 0. The zero-order valence-corrected chi connectivity index (χ0v) is 17.5. The Morgan fingerprint density at radius 2 is 1.90 bits per heavy atom. The zero-order chi connectivity index (χ0) is 20.9. The molecule has 9 heteroatoms. The van der Waals surface area contributed by atoms with Crippen LogP contribution in [0.5, 0.6) is 5.75 Å². The van der Waals surface area contributed by atoms with Crippen LogP contribution in [0.3, 0.4) is 0 Å². The summed E-state index contributed by atoms with van der Waals surface area (Å²) in [7, 11) is 1.65. The van der Waals surface area contributed by atoms with Crippen molar-refractivity contribution in [2.24, 2.45) is 0 Å². The number of hydrogen-bond acceptors (Lipinski definition) is 7. The van der Waals surface area contributed by atoms with E-state index < -0.39 is 0 Å². The lowest BCUT2D eigenvalue weighted by Gasteiger charge is -2.28. The summed E-state index contributed by atoms with van der Waals surface area (Å²) in [4.78, 5) is 13.0. The first kappa shape index (κ1) is 20.2. The van der Waals surface area contributed by atoms with Crippen molar-refractivity contribution in [2.75, 3.05) is 25.1 Å². The minimum atomic E-state index is -0.375. The van der Waals surface area contributed by atoms with Crippen molar-refractivity contribution in [2.45, 2.75) is 30.2 Å². The lowest BCUT2D eigenvalue weighted by atomic mass is 10.1. The molecule has 1 aliphatic heterocycles. The van der Waals surface area contributed by atoms with Crippen molar-refractivity contribution in [1.82, 2.24) is 14.8 Å². The molecule has 1 fully saturated rings. The molecular weight excluding hydrogens is 402 g/mol. The summed E-state index contributed by atoms with van der Waals surface area (Å²) in [6, 6.07) is 14.5. The van der Waals surface area contributed by atoms with E-state index in [1.54, 1.807) is 19.2 Å². The molecule has 0 saturated carbocycles. The number of nitrogens with zero attached hydrogens (tertiary/aromatic N) is 5. The summed E-state index contributed by atoms with van der Waals surface area (Å²) >= 11 is 1.50. The van der Waals surface area contributed by atoms with Crippen LogP contribution < -0.4 is 9.64 Å². The van der Waals surface area contributed by atoms with E-state index in [2.05, 4.69) is 15.1 Å². The average molecular weight is 426 g/mol. The van der Waals surface area contributed by atoms with Crippen LogP contribution in [0.25, 0.3) is 5.69 Å². The number of rotatable bonds is 7. The van der Waals surface area contributed by atoms with Gasteiger partial charge in [-0.2, -0.15) is 0 Å². The van der Waals surface area contributed by atoms with Crippen molar-refractivity contribution in [3.05, 3.63) is 64.2 Å². The molecule has 3 aromatic rings. The lowest BCUT2D eigenvalue weighted by molar-refractivity contribution is -0.384. The van der Waals surface area contributed by atoms with Gasteiger partial charge in [0.05, 0.1) is 17.7 Å². The molecule has 30 heavy (non-hydrogen) atoms. The second kappa shape index (κ2) is 9.17. The molecule has 156 valence electrons. The van der Waals surface area contributed by atoms with E-state index in [0.29, 0.717) is 5.75 Å². The van der Waals surface area contributed by atoms with E-state index in [9.17, 15) is 10.1 Å². The fourth-order valence-corrected chi connectivity index (χ4v) is 4.47. The fraction of sp³-hybridized carbons (Fsp3) is 0.333. The summed E-state index contributed by atoms with van der Waals surface area (Å²) in [5.74, 6) is 2.10. The Balaban J connectivity index is 1.68. The highest BCUT2D eigenvalue weighted by Gasteiger charge is 2.23. The zero-order valence-electron chi connectivity index (χ0n) is 16.7. The maximum Gasteiger partial charge on any atom is 0.269 e.